The average molecular weight is 355 g/mol. The van der Waals surface area contributed by atoms with Crippen molar-refractivity contribution in [3.05, 3.63) is 59.9 Å². The van der Waals surface area contributed by atoms with Gasteiger partial charge < -0.3 is 14.8 Å². The van der Waals surface area contributed by atoms with Crippen molar-refractivity contribution in [1.29, 1.82) is 0 Å². The average Bonchev–Trinajstić information content (AvgIpc) is 2.69. The smallest absolute Gasteiger partial charge is 0.344 e. The molecule has 1 aliphatic rings. The van der Waals surface area contributed by atoms with Gasteiger partial charge in [0.15, 0.2) is 6.61 Å². The molecular weight excluding hydrogens is 330 g/mol. The van der Waals surface area contributed by atoms with Crippen molar-refractivity contribution in [1.82, 2.24) is 15.2 Å². The fourth-order valence-corrected chi connectivity index (χ4v) is 3.11. The summed E-state index contributed by atoms with van der Waals surface area (Å²) < 4.78 is 10.3. The van der Waals surface area contributed by atoms with Gasteiger partial charge >= 0.3 is 5.97 Å². The minimum Gasteiger partial charge on any atom is -0.482 e. The standard InChI is InChI=1S/C20H25N3O3/c1-2-25-20(24)15-26-18-7-5-16(6-8-18)14-23-11-10-22-13-19(23)17-4-3-9-21-12-17/h3-9,12,19,22H,2,10-11,13-15H2,1H3. The molecule has 0 spiro atoms. The number of carbonyl (C=O) groups excluding carboxylic acids is 1. The van der Waals surface area contributed by atoms with Crippen LogP contribution < -0.4 is 10.1 Å². The third-order valence-corrected chi connectivity index (χ3v) is 4.39. The molecule has 1 N–H and O–H groups in total. The lowest BCUT2D eigenvalue weighted by Gasteiger charge is -2.36. The number of aromatic nitrogens is 1. The van der Waals surface area contributed by atoms with Gasteiger partial charge in [0, 0.05) is 44.6 Å². The summed E-state index contributed by atoms with van der Waals surface area (Å²) in [6.45, 7) is 5.84. The molecule has 0 bridgehead atoms. The Morgan fingerprint density at radius 1 is 1.31 bits per heavy atom. The van der Waals surface area contributed by atoms with Gasteiger partial charge in [-0.2, -0.15) is 0 Å². The fourth-order valence-electron chi connectivity index (χ4n) is 3.11. The summed E-state index contributed by atoms with van der Waals surface area (Å²) in [4.78, 5) is 18.1. The van der Waals surface area contributed by atoms with Crippen molar-refractivity contribution in [2.24, 2.45) is 0 Å². The summed E-state index contributed by atoms with van der Waals surface area (Å²) in [5.74, 6) is 0.322. The molecule has 138 valence electrons. The van der Waals surface area contributed by atoms with Crippen molar-refractivity contribution in [3.8, 4) is 5.75 Å². The topological polar surface area (TPSA) is 63.7 Å². The second-order valence-corrected chi connectivity index (χ2v) is 6.21. The van der Waals surface area contributed by atoms with Gasteiger partial charge in [0.1, 0.15) is 5.75 Å². The second-order valence-electron chi connectivity index (χ2n) is 6.21. The molecule has 0 radical (unpaired) electrons. The van der Waals surface area contributed by atoms with Crippen LogP contribution in [0.4, 0.5) is 0 Å². The molecule has 0 aliphatic carbocycles. The lowest BCUT2D eigenvalue weighted by atomic mass is 10.0. The maximum absolute atomic E-state index is 11.4. The van der Waals surface area contributed by atoms with Crippen molar-refractivity contribution in [3.63, 3.8) is 0 Å². The number of ether oxygens (including phenoxy) is 2. The minimum atomic E-state index is -0.350. The number of hydrogen-bond donors (Lipinski definition) is 1. The summed E-state index contributed by atoms with van der Waals surface area (Å²) in [6.07, 6.45) is 3.75. The summed E-state index contributed by atoms with van der Waals surface area (Å²) in [5, 5.41) is 3.46. The highest BCUT2D eigenvalue weighted by atomic mass is 16.6. The van der Waals surface area contributed by atoms with E-state index < -0.39 is 0 Å². The van der Waals surface area contributed by atoms with E-state index >= 15 is 0 Å². The van der Waals surface area contributed by atoms with Crippen LogP contribution in [0.1, 0.15) is 24.1 Å². The van der Waals surface area contributed by atoms with Crippen LogP contribution in [0, 0.1) is 0 Å². The maximum Gasteiger partial charge on any atom is 0.344 e. The van der Waals surface area contributed by atoms with Crippen LogP contribution in [0.2, 0.25) is 0 Å². The first-order valence-electron chi connectivity index (χ1n) is 8.98. The summed E-state index contributed by atoms with van der Waals surface area (Å²) in [5.41, 5.74) is 2.44. The van der Waals surface area contributed by atoms with Crippen LogP contribution in [-0.2, 0) is 16.1 Å². The van der Waals surface area contributed by atoms with E-state index in [-0.39, 0.29) is 12.6 Å². The van der Waals surface area contributed by atoms with Crippen molar-refractivity contribution in [2.75, 3.05) is 32.8 Å². The summed E-state index contributed by atoms with van der Waals surface area (Å²) >= 11 is 0. The van der Waals surface area contributed by atoms with Crippen LogP contribution in [0.15, 0.2) is 48.8 Å². The number of piperazine rings is 1. The second kappa shape index (κ2) is 9.31. The predicted molar refractivity (Wildman–Crippen MR) is 98.8 cm³/mol. The number of rotatable bonds is 7. The molecule has 1 fully saturated rings. The van der Waals surface area contributed by atoms with Crippen LogP contribution >= 0.6 is 0 Å². The Bertz CT molecular complexity index is 691. The highest BCUT2D eigenvalue weighted by molar-refractivity contribution is 5.71. The molecule has 1 aliphatic heterocycles. The Labute approximate surface area is 154 Å². The number of carbonyl (C=O) groups is 1. The van der Waals surface area contributed by atoms with Gasteiger partial charge in [-0.1, -0.05) is 18.2 Å². The number of pyridine rings is 1. The molecule has 1 atom stereocenters. The Hall–Kier alpha value is -2.44. The molecular formula is C20H25N3O3. The zero-order valence-electron chi connectivity index (χ0n) is 15.1. The number of nitrogens with zero attached hydrogens (tertiary/aromatic N) is 2. The Kier molecular flexibility index (Phi) is 6.57. The van der Waals surface area contributed by atoms with Crippen LogP contribution in [0.5, 0.6) is 5.75 Å². The first-order chi connectivity index (χ1) is 12.8. The predicted octanol–water partition coefficient (Wildman–Crippen LogP) is 2.17. The summed E-state index contributed by atoms with van der Waals surface area (Å²) in [7, 11) is 0. The largest absolute Gasteiger partial charge is 0.482 e. The van der Waals surface area contributed by atoms with Gasteiger partial charge in [0.05, 0.1) is 6.61 Å². The Balaban J connectivity index is 1.59. The molecule has 2 aromatic rings. The zero-order chi connectivity index (χ0) is 18.2. The molecule has 0 amide bonds. The minimum absolute atomic E-state index is 0.0614. The first kappa shape index (κ1) is 18.4. The molecule has 6 heteroatoms. The molecule has 3 rings (SSSR count). The monoisotopic (exact) mass is 355 g/mol. The van der Waals surface area contributed by atoms with E-state index in [1.807, 2.05) is 36.5 Å². The van der Waals surface area contributed by atoms with E-state index in [1.54, 1.807) is 13.1 Å². The Morgan fingerprint density at radius 2 is 2.15 bits per heavy atom. The molecule has 1 saturated heterocycles. The van der Waals surface area contributed by atoms with E-state index in [9.17, 15) is 4.79 Å². The van der Waals surface area contributed by atoms with Gasteiger partial charge in [-0.15, -0.1) is 0 Å². The molecule has 1 aromatic carbocycles. The summed E-state index contributed by atoms with van der Waals surface area (Å²) in [6, 6.07) is 12.3. The number of hydrogen-bond acceptors (Lipinski definition) is 6. The fraction of sp³-hybridized carbons (Fsp3) is 0.400. The number of esters is 1. The lowest BCUT2D eigenvalue weighted by Crippen LogP contribution is -2.45. The van der Waals surface area contributed by atoms with Crippen molar-refractivity contribution >= 4 is 5.97 Å². The molecule has 26 heavy (non-hydrogen) atoms. The van der Waals surface area contributed by atoms with Crippen LogP contribution in [0.3, 0.4) is 0 Å². The van der Waals surface area contributed by atoms with Crippen LogP contribution in [0.25, 0.3) is 0 Å². The van der Waals surface area contributed by atoms with E-state index in [1.165, 1.54) is 11.1 Å². The quantitative estimate of drug-likeness (QED) is 0.768. The van der Waals surface area contributed by atoms with E-state index in [2.05, 4.69) is 21.3 Å². The van der Waals surface area contributed by atoms with Gasteiger partial charge in [-0.25, -0.2) is 4.79 Å². The number of nitrogens with one attached hydrogen (secondary N) is 1. The molecule has 1 aromatic heterocycles. The first-order valence-corrected chi connectivity index (χ1v) is 8.98. The lowest BCUT2D eigenvalue weighted by molar-refractivity contribution is -0.145. The highest BCUT2D eigenvalue weighted by Crippen LogP contribution is 2.24. The molecule has 6 nitrogen and oxygen atoms in total. The molecule has 1 unspecified atom stereocenters. The molecule has 0 saturated carbocycles. The Morgan fingerprint density at radius 3 is 2.88 bits per heavy atom. The SMILES string of the molecule is CCOC(=O)COc1ccc(CN2CCNCC2c2cccnc2)cc1. The normalized spacial score (nSPS) is 17.7. The maximum atomic E-state index is 11.4. The van der Waals surface area contributed by atoms with E-state index in [0.29, 0.717) is 18.4 Å². The highest BCUT2D eigenvalue weighted by Gasteiger charge is 2.23. The zero-order valence-corrected chi connectivity index (χ0v) is 15.1. The van der Waals surface area contributed by atoms with Gasteiger partial charge in [-0.05, 0) is 36.2 Å². The third-order valence-electron chi connectivity index (χ3n) is 4.39. The van der Waals surface area contributed by atoms with Gasteiger partial charge in [-0.3, -0.25) is 9.88 Å². The van der Waals surface area contributed by atoms with Crippen molar-refractivity contribution in [2.45, 2.75) is 19.5 Å². The van der Waals surface area contributed by atoms with Gasteiger partial charge in [0.25, 0.3) is 0 Å². The number of benzene rings is 1. The van der Waals surface area contributed by atoms with Crippen LogP contribution in [-0.4, -0.2) is 48.7 Å². The third kappa shape index (κ3) is 5.03. The van der Waals surface area contributed by atoms with Gasteiger partial charge in [0.2, 0.25) is 0 Å². The van der Waals surface area contributed by atoms with Crippen molar-refractivity contribution < 1.29 is 14.3 Å². The molecule has 2 heterocycles. The van der Waals surface area contributed by atoms with E-state index in [0.717, 1.165) is 26.2 Å². The van der Waals surface area contributed by atoms with E-state index in [4.69, 9.17) is 9.47 Å².